The van der Waals surface area contributed by atoms with Crippen molar-refractivity contribution in [3.8, 4) is 5.69 Å². The average molecular weight is 508 g/mol. The number of benzene rings is 3. The zero-order valence-corrected chi connectivity index (χ0v) is 20.1. The second-order valence-corrected chi connectivity index (χ2v) is 9.35. The molecule has 1 heterocycles. The van der Waals surface area contributed by atoms with Crippen molar-refractivity contribution in [2.45, 2.75) is 17.9 Å². The maximum atomic E-state index is 13.4. The van der Waals surface area contributed by atoms with E-state index in [0.717, 1.165) is 9.37 Å². The number of amides is 1. The zero-order chi connectivity index (χ0) is 22.7. The van der Waals surface area contributed by atoms with Crippen LogP contribution in [0.5, 0.6) is 0 Å². The molecule has 0 aliphatic heterocycles. The fraction of sp³-hybridized carbons (Fsp3) is 0.160. The summed E-state index contributed by atoms with van der Waals surface area (Å²) in [6.45, 7) is 1.90. The molecule has 4 aromatic rings. The molecule has 1 amide bonds. The van der Waals surface area contributed by atoms with Crippen molar-refractivity contribution in [1.82, 2.24) is 14.5 Å². The predicted octanol–water partition coefficient (Wildman–Crippen LogP) is 5.46. The highest BCUT2D eigenvalue weighted by atomic mass is 79.9. The summed E-state index contributed by atoms with van der Waals surface area (Å²) in [7, 11) is 1.76. The summed E-state index contributed by atoms with van der Waals surface area (Å²) in [5.41, 5.74) is 1.17. The molecular weight excluding hydrogens is 486 g/mol. The second-order valence-electron chi connectivity index (χ2n) is 7.39. The van der Waals surface area contributed by atoms with Gasteiger partial charge in [0.1, 0.15) is 5.82 Å². The lowest BCUT2D eigenvalue weighted by Crippen LogP contribution is -2.35. The van der Waals surface area contributed by atoms with Crippen LogP contribution in [0, 0.1) is 0 Å². The van der Waals surface area contributed by atoms with Crippen LogP contribution < -0.4 is 5.56 Å². The number of hydrogen-bond acceptors (Lipinski definition) is 4. The Morgan fingerprint density at radius 1 is 1.03 bits per heavy atom. The number of rotatable bonds is 6. The molecule has 0 N–H and O–H groups in total. The third kappa shape index (κ3) is 4.64. The van der Waals surface area contributed by atoms with E-state index in [1.165, 1.54) is 11.8 Å². The quantitative estimate of drug-likeness (QED) is 0.325. The Morgan fingerprint density at radius 3 is 2.41 bits per heavy atom. The molecule has 0 saturated heterocycles. The predicted molar refractivity (Wildman–Crippen MR) is 133 cm³/mol. The molecule has 1 unspecified atom stereocenters. The highest BCUT2D eigenvalue weighted by molar-refractivity contribution is 9.10. The van der Waals surface area contributed by atoms with Gasteiger partial charge in [0.05, 0.1) is 28.4 Å². The molecule has 1 atom stereocenters. The van der Waals surface area contributed by atoms with Crippen molar-refractivity contribution in [2.24, 2.45) is 0 Å². The van der Waals surface area contributed by atoms with Crippen molar-refractivity contribution in [1.29, 1.82) is 0 Å². The second kappa shape index (κ2) is 9.71. The van der Waals surface area contributed by atoms with Crippen molar-refractivity contribution >= 4 is 44.5 Å². The van der Waals surface area contributed by atoms with Gasteiger partial charge >= 0.3 is 0 Å². The monoisotopic (exact) mass is 507 g/mol. The van der Waals surface area contributed by atoms with E-state index in [0.29, 0.717) is 28.2 Å². The summed E-state index contributed by atoms with van der Waals surface area (Å²) in [6, 6.07) is 24.2. The Hall–Kier alpha value is -2.90. The van der Waals surface area contributed by atoms with E-state index >= 15 is 0 Å². The fourth-order valence-corrected chi connectivity index (χ4v) is 4.53. The number of fused-ring (bicyclic) bond motifs is 1. The van der Waals surface area contributed by atoms with E-state index in [9.17, 15) is 9.59 Å². The van der Waals surface area contributed by atoms with Crippen LogP contribution in [0.25, 0.3) is 16.6 Å². The Kier molecular flexibility index (Phi) is 6.77. The van der Waals surface area contributed by atoms with Crippen LogP contribution in [0.3, 0.4) is 0 Å². The van der Waals surface area contributed by atoms with Crippen molar-refractivity contribution in [3.63, 3.8) is 0 Å². The topological polar surface area (TPSA) is 55.2 Å². The number of carbonyl (C=O) groups is 1. The van der Waals surface area contributed by atoms with Crippen LogP contribution in [-0.2, 0) is 4.79 Å². The summed E-state index contributed by atoms with van der Waals surface area (Å²) in [6.07, 6.45) is 0. The summed E-state index contributed by atoms with van der Waals surface area (Å²) in [5, 5.41) is 0.542. The van der Waals surface area contributed by atoms with E-state index in [2.05, 4.69) is 15.9 Å². The van der Waals surface area contributed by atoms with Crippen molar-refractivity contribution in [2.75, 3.05) is 12.8 Å². The third-order valence-corrected chi connectivity index (χ3v) is 6.87. The molecule has 0 aliphatic carbocycles. The molecule has 32 heavy (non-hydrogen) atoms. The minimum atomic E-state index is -0.403. The van der Waals surface area contributed by atoms with Gasteiger partial charge in [0.2, 0.25) is 5.91 Å². The molecule has 0 fully saturated rings. The molecule has 0 radical (unpaired) electrons. The Balaban J connectivity index is 1.71. The highest BCUT2D eigenvalue weighted by Gasteiger charge is 2.24. The van der Waals surface area contributed by atoms with Crippen LogP contribution >= 0.6 is 27.7 Å². The largest absolute Gasteiger partial charge is 0.335 e. The van der Waals surface area contributed by atoms with Crippen LogP contribution in [0.1, 0.15) is 18.8 Å². The highest BCUT2D eigenvalue weighted by Crippen LogP contribution is 2.24. The molecule has 0 bridgehead atoms. The van der Waals surface area contributed by atoms with Gasteiger partial charge in [-0.05, 0) is 55.5 Å². The number of hydrogen-bond donors (Lipinski definition) is 0. The first-order valence-electron chi connectivity index (χ1n) is 10.2. The Bertz CT molecular complexity index is 1310. The average Bonchev–Trinajstić information content (AvgIpc) is 2.83. The summed E-state index contributed by atoms with van der Waals surface area (Å²) in [4.78, 5) is 33.9. The first-order valence-corrected chi connectivity index (χ1v) is 11.9. The molecular formula is C25H22BrN3O2S. The van der Waals surface area contributed by atoms with E-state index < -0.39 is 6.04 Å². The van der Waals surface area contributed by atoms with Gasteiger partial charge in [0, 0.05) is 16.4 Å². The van der Waals surface area contributed by atoms with E-state index in [1.807, 2.05) is 79.7 Å². The van der Waals surface area contributed by atoms with Crippen molar-refractivity contribution < 1.29 is 4.79 Å². The first kappa shape index (κ1) is 22.3. The summed E-state index contributed by atoms with van der Waals surface area (Å²) in [5.74, 6) is 0.800. The Morgan fingerprint density at radius 2 is 1.69 bits per heavy atom. The number of carbonyl (C=O) groups excluding carboxylic acids is 1. The van der Waals surface area contributed by atoms with Crippen LogP contribution in [0.4, 0.5) is 0 Å². The van der Waals surface area contributed by atoms with Gasteiger partial charge in [-0.15, -0.1) is 11.8 Å². The van der Waals surface area contributed by atoms with Crippen molar-refractivity contribution in [3.05, 3.63) is 99.5 Å². The molecule has 162 valence electrons. The van der Waals surface area contributed by atoms with E-state index in [1.54, 1.807) is 22.6 Å². The molecule has 0 saturated carbocycles. The standard InChI is InChI=1S/C25H22BrN3O2S/c1-17(28(2)23(30)16-32-20-8-4-3-5-9-20)24-27-22-11-7-6-10-21(22)25(31)29(24)19-14-12-18(26)13-15-19/h3-15,17H,16H2,1-2H3. The lowest BCUT2D eigenvalue weighted by Gasteiger charge is -2.27. The Labute approximate surface area is 199 Å². The third-order valence-electron chi connectivity index (χ3n) is 5.34. The van der Waals surface area contributed by atoms with Gasteiger partial charge in [0.15, 0.2) is 0 Å². The lowest BCUT2D eigenvalue weighted by atomic mass is 10.2. The minimum Gasteiger partial charge on any atom is -0.335 e. The van der Waals surface area contributed by atoms with Gasteiger partial charge in [-0.1, -0.05) is 46.3 Å². The van der Waals surface area contributed by atoms with Gasteiger partial charge < -0.3 is 4.90 Å². The summed E-state index contributed by atoms with van der Waals surface area (Å²) < 4.78 is 2.52. The van der Waals surface area contributed by atoms with Gasteiger partial charge in [-0.2, -0.15) is 0 Å². The molecule has 0 spiro atoms. The van der Waals surface area contributed by atoms with Crippen LogP contribution in [0.15, 0.2) is 93.0 Å². The SMILES string of the molecule is CC(c1nc2ccccc2c(=O)n1-c1ccc(Br)cc1)N(C)C(=O)CSc1ccccc1. The number of thioether (sulfide) groups is 1. The molecule has 7 heteroatoms. The minimum absolute atomic E-state index is 0.0314. The molecule has 5 nitrogen and oxygen atoms in total. The van der Waals surface area contributed by atoms with Crippen LogP contribution in [0.2, 0.25) is 0 Å². The van der Waals surface area contributed by atoms with Gasteiger partial charge in [-0.25, -0.2) is 4.98 Å². The first-order chi connectivity index (χ1) is 15.5. The number of nitrogens with zero attached hydrogens (tertiary/aromatic N) is 3. The van der Waals surface area contributed by atoms with E-state index in [4.69, 9.17) is 4.98 Å². The van der Waals surface area contributed by atoms with Gasteiger partial charge in [0.25, 0.3) is 5.56 Å². The molecule has 0 aliphatic rings. The van der Waals surface area contributed by atoms with Gasteiger partial charge in [-0.3, -0.25) is 14.2 Å². The molecule has 3 aromatic carbocycles. The van der Waals surface area contributed by atoms with Crippen LogP contribution in [-0.4, -0.2) is 33.2 Å². The maximum Gasteiger partial charge on any atom is 0.266 e. The number of aromatic nitrogens is 2. The number of halogens is 1. The summed E-state index contributed by atoms with van der Waals surface area (Å²) >= 11 is 4.94. The zero-order valence-electron chi connectivity index (χ0n) is 17.7. The normalized spacial score (nSPS) is 12.0. The molecule has 4 rings (SSSR count). The fourth-order valence-electron chi connectivity index (χ4n) is 3.42. The maximum absolute atomic E-state index is 13.4. The number of para-hydroxylation sites is 1. The van der Waals surface area contributed by atoms with E-state index in [-0.39, 0.29) is 11.5 Å². The lowest BCUT2D eigenvalue weighted by molar-refractivity contribution is -0.129. The smallest absolute Gasteiger partial charge is 0.266 e. The molecule has 1 aromatic heterocycles.